The van der Waals surface area contributed by atoms with Crippen LogP contribution in [0.5, 0.6) is 5.75 Å². The van der Waals surface area contributed by atoms with Gasteiger partial charge in [-0.15, -0.1) is 0 Å². The second-order valence-corrected chi connectivity index (χ2v) is 7.91. The van der Waals surface area contributed by atoms with Gasteiger partial charge in [-0.3, -0.25) is 5.01 Å². The molecule has 0 fully saturated rings. The van der Waals surface area contributed by atoms with Crippen LogP contribution in [-0.4, -0.2) is 16.9 Å². The second kappa shape index (κ2) is 6.54. The minimum atomic E-state index is -0.0523. The molecular formula is C20H20Cl2N2O. The van der Waals surface area contributed by atoms with Crippen LogP contribution >= 0.6 is 23.2 Å². The Kier molecular flexibility index (Phi) is 4.38. The third-order valence-corrected chi connectivity index (χ3v) is 5.17. The predicted octanol–water partition coefficient (Wildman–Crippen LogP) is 5.91. The molecule has 0 aromatic heterocycles. The fourth-order valence-electron chi connectivity index (χ4n) is 3.51. The molecule has 2 heterocycles. The zero-order valence-electron chi connectivity index (χ0n) is 14.2. The van der Waals surface area contributed by atoms with Gasteiger partial charge in [-0.25, -0.2) is 0 Å². The van der Waals surface area contributed by atoms with E-state index in [0.717, 1.165) is 45.5 Å². The van der Waals surface area contributed by atoms with Crippen molar-refractivity contribution in [2.45, 2.75) is 39.0 Å². The molecule has 0 aliphatic carbocycles. The van der Waals surface area contributed by atoms with Crippen LogP contribution < -0.4 is 4.74 Å². The van der Waals surface area contributed by atoms with E-state index in [1.165, 1.54) is 0 Å². The maximum atomic E-state index is 6.25. The van der Waals surface area contributed by atoms with Gasteiger partial charge in [0.15, 0.2) is 6.23 Å². The minimum Gasteiger partial charge on any atom is -0.469 e. The maximum Gasteiger partial charge on any atom is 0.188 e. The van der Waals surface area contributed by atoms with Crippen LogP contribution in [0.25, 0.3) is 0 Å². The van der Waals surface area contributed by atoms with Crippen molar-refractivity contribution in [1.82, 2.24) is 5.01 Å². The Morgan fingerprint density at radius 3 is 2.56 bits per heavy atom. The highest BCUT2D eigenvalue weighted by Crippen LogP contribution is 2.45. The van der Waals surface area contributed by atoms with Gasteiger partial charge >= 0.3 is 0 Å². The van der Waals surface area contributed by atoms with Crippen LogP contribution in [0.3, 0.4) is 0 Å². The van der Waals surface area contributed by atoms with Crippen LogP contribution in [0.4, 0.5) is 0 Å². The molecule has 2 aliphatic rings. The number of halogens is 2. The van der Waals surface area contributed by atoms with Crippen molar-refractivity contribution < 1.29 is 4.74 Å². The fourth-order valence-corrected chi connectivity index (χ4v) is 3.82. The van der Waals surface area contributed by atoms with Gasteiger partial charge in [-0.05, 0) is 41.8 Å². The Bertz CT molecular complexity index is 817. The first-order valence-corrected chi connectivity index (χ1v) is 9.34. The lowest BCUT2D eigenvalue weighted by Crippen LogP contribution is -2.41. The monoisotopic (exact) mass is 374 g/mol. The van der Waals surface area contributed by atoms with Crippen LogP contribution in [0.15, 0.2) is 47.6 Å². The molecule has 3 nitrogen and oxygen atoms in total. The molecular weight excluding hydrogens is 355 g/mol. The second-order valence-electron chi connectivity index (χ2n) is 7.04. The maximum absolute atomic E-state index is 6.25. The first kappa shape index (κ1) is 16.7. The Balaban J connectivity index is 1.72. The molecule has 0 bridgehead atoms. The van der Waals surface area contributed by atoms with E-state index >= 15 is 0 Å². The number of fused-ring (bicyclic) bond motifs is 3. The summed E-state index contributed by atoms with van der Waals surface area (Å²) in [6, 6.07) is 13.9. The summed E-state index contributed by atoms with van der Waals surface area (Å²) >= 11 is 12.3. The summed E-state index contributed by atoms with van der Waals surface area (Å²) in [6.07, 6.45) is 1.71. The summed E-state index contributed by atoms with van der Waals surface area (Å²) < 4.78 is 6.25. The predicted molar refractivity (Wildman–Crippen MR) is 103 cm³/mol. The van der Waals surface area contributed by atoms with E-state index in [1.807, 2.05) is 42.5 Å². The zero-order chi connectivity index (χ0) is 17.6. The lowest BCUT2D eigenvalue weighted by atomic mass is 9.95. The highest BCUT2D eigenvalue weighted by atomic mass is 35.5. The zero-order valence-corrected chi connectivity index (χ0v) is 15.8. The van der Waals surface area contributed by atoms with E-state index in [4.69, 9.17) is 33.0 Å². The Morgan fingerprint density at radius 2 is 1.84 bits per heavy atom. The molecule has 0 saturated heterocycles. The highest BCUT2D eigenvalue weighted by Gasteiger charge is 2.40. The number of benzene rings is 2. The molecule has 25 heavy (non-hydrogen) atoms. The van der Waals surface area contributed by atoms with Crippen LogP contribution in [-0.2, 0) is 0 Å². The highest BCUT2D eigenvalue weighted by molar-refractivity contribution is 6.31. The number of rotatable bonds is 3. The first-order valence-electron chi connectivity index (χ1n) is 8.59. The van der Waals surface area contributed by atoms with Crippen molar-refractivity contribution >= 4 is 28.9 Å². The third kappa shape index (κ3) is 3.23. The molecule has 2 aromatic carbocycles. The van der Waals surface area contributed by atoms with Crippen molar-refractivity contribution in [3.8, 4) is 5.75 Å². The normalized spacial score (nSPS) is 21.6. The molecule has 0 unspecified atom stereocenters. The summed E-state index contributed by atoms with van der Waals surface area (Å²) in [5.41, 5.74) is 3.28. The Labute approximate surface area is 158 Å². The summed E-state index contributed by atoms with van der Waals surface area (Å²) in [5.74, 6) is 1.44. The van der Waals surface area contributed by atoms with Gasteiger partial charge in [-0.2, -0.15) is 5.10 Å². The minimum absolute atomic E-state index is 0.0523. The van der Waals surface area contributed by atoms with Gasteiger partial charge in [0.2, 0.25) is 0 Å². The van der Waals surface area contributed by atoms with Gasteiger partial charge in [0.25, 0.3) is 0 Å². The van der Waals surface area contributed by atoms with Gasteiger partial charge in [-0.1, -0.05) is 49.2 Å². The molecule has 0 saturated carbocycles. The first-order chi connectivity index (χ1) is 12.0. The van der Waals surface area contributed by atoms with E-state index in [0.29, 0.717) is 5.92 Å². The smallest absolute Gasteiger partial charge is 0.188 e. The van der Waals surface area contributed by atoms with E-state index in [1.54, 1.807) is 0 Å². The number of nitrogens with zero attached hydrogens (tertiary/aromatic N) is 2. The lowest BCUT2D eigenvalue weighted by Gasteiger charge is -2.38. The standard InChI is InChI=1S/C20H20Cl2N2O/c1-12(2)9-20-24-18(16-10-15(22)7-8-19(16)25-20)11-17(23-24)13-3-5-14(21)6-4-13/h3-8,10,12,18,20H,9,11H2,1-2H3/t18-,20-/m1/s1. The van der Waals surface area contributed by atoms with Crippen molar-refractivity contribution in [3.63, 3.8) is 0 Å². The molecule has 0 amide bonds. The fraction of sp³-hybridized carbons (Fsp3) is 0.350. The van der Waals surface area contributed by atoms with Gasteiger partial charge < -0.3 is 4.74 Å². The lowest BCUT2D eigenvalue weighted by molar-refractivity contribution is -0.0291. The number of hydrogen-bond donors (Lipinski definition) is 0. The van der Waals surface area contributed by atoms with Crippen LogP contribution in [0, 0.1) is 5.92 Å². The molecule has 0 spiro atoms. The molecule has 0 N–H and O–H groups in total. The Hall–Kier alpha value is -1.71. The van der Waals surface area contributed by atoms with Crippen molar-refractivity contribution in [2.24, 2.45) is 11.0 Å². The van der Waals surface area contributed by atoms with Gasteiger partial charge in [0.05, 0.1) is 11.8 Å². The van der Waals surface area contributed by atoms with Crippen molar-refractivity contribution in [1.29, 1.82) is 0 Å². The summed E-state index contributed by atoms with van der Waals surface area (Å²) in [5, 5.41) is 8.49. The molecule has 0 radical (unpaired) electrons. The van der Waals surface area contributed by atoms with Crippen LogP contribution in [0.2, 0.25) is 10.0 Å². The van der Waals surface area contributed by atoms with Gasteiger partial charge in [0, 0.05) is 28.5 Å². The molecule has 2 aliphatic heterocycles. The molecule has 130 valence electrons. The third-order valence-electron chi connectivity index (χ3n) is 4.68. The molecule has 2 atom stereocenters. The number of ether oxygens (including phenoxy) is 1. The number of hydrogen-bond acceptors (Lipinski definition) is 3. The average Bonchev–Trinajstić information content (AvgIpc) is 3.01. The summed E-state index contributed by atoms with van der Waals surface area (Å²) in [6.45, 7) is 4.41. The average molecular weight is 375 g/mol. The van der Waals surface area contributed by atoms with E-state index in [2.05, 4.69) is 18.9 Å². The molecule has 2 aromatic rings. The Morgan fingerprint density at radius 1 is 1.12 bits per heavy atom. The SMILES string of the molecule is CC(C)C[C@H]1Oc2ccc(Cl)cc2[C@H]2CC(c3ccc(Cl)cc3)=NN21. The molecule has 4 rings (SSSR count). The quantitative estimate of drug-likeness (QED) is 0.666. The van der Waals surface area contributed by atoms with Crippen LogP contribution in [0.1, 0.15) is 43.9 Å². The molecule has 5 heteroatoms. The topological polar surface area (TPSA) is 24.8 Å². The van der Waals surface area contributed by atoms with Crippen molar-refractivity contribution in [3.05, 3.63) is 63.6 Å². The van der Waals surface area contributed by atoms with Gasteiger partial charge in [0.1, 0.15) is 5.75 Å². The van der Waals surface area contributed by atoms with Crippen molar-refractivity contribution in [2.75, 3.05) is 0 Å². The summed E-state index contributed by atoms with van der Waals surface area (Å²) in [7, 11) is 0. The number of hydrazone groups is 1. The van der Waals surface area contributed by atoms with E-state index < -0.39 is 0 Å². The summed E-state index contributed by atoms with van der Waals surface area (Å²) in [4.78, 5) is 0. The largest absolute Gasteiger partial charge is 0.469 e. The van der Waals surface area contributed by atoms with E-state index in [9.17, 15) is 0 Å². The van der Waals surface area contributed by atoms with E-state index in [-0.39, 0.29) is 12.3 Å².